The van der Waals surface area contributed by atoms with E-state index < -0.39 is 11.8 Å². The van der Waals surface area contributed by atoms with Crippen LogP contribution in [-0.2, 0) is 20.8 Å². The normalized spacial score (nSPS) is 10.5. The summed E-state index contributed by atoms with van der Waals surface area (Å²) in [6, 6.07) is 19.0. The lowest BCUT2D eigenvalue weighted by Gasteiger charge is -2.11. The minimum atomic E-state index is -0.911. The molecule has 0 spiro atoms. The van der Waals surface area contributed by atoms with Crippen LogP contribution in [0.25, 0.3) is 0 Å². The van der Waals surface area contributed by atoms with E-state index in [0.29, 0.717) is 34.2 Å². The Morgan fingerprint density at radius 2 is 1.49 bits per heavy atom. The number of amides is 3. The highest BCUT2D eigenvalue weighted by molar-refractivity contribution is 6.39. The maximum atomic E-state index is 12.2. The number of carbonyl (C=O) groups is 3. The third-order valence-corrected chi connectivity index (χ3v) is 5.13. The lowest BCUT2D eigenvalue weighted by atomic mass is 10.1. The Balaban J connectivity index is 1.50. The largest absolute Gasteiger partial charge is 0.497 e. The summed E-state index contributed by atoms with van der Waals surface area (Å²) in [7, 11) is 3.02. The molecular formula is C27H28N4O6. The van der Waals surface area contributed by atoms with Gasteiger partial charge >= 0.3 is 11.8 Å². The summed E-state index contributed by atoms with van der Waals surface area (Å²) in [5, 5.41) is 9.05. The predicted molar refractivity (Wildman–Crippen MR) is 140 cm³/mol. The molecule has 0 atom stereocenters. The van der Waals surface area contributed by atoms with E-state index in [1.807, 2.05) is 19.1 Å². The number of hydrogen-bond donors (Lipinski definition) is 3. The van der Waals surface area contributed by atoms with Gasteiger partial charge in [0.1, 0.15) is 5.75 Å². The molecule has 0 heterocycles. The van der Waals surface area contributed by atoms with E-state index in [4.69, 9.17) is 14.2 Å². The molecule has 0 saturated heterocycles. The zero-order valence-electron chi connectivity index (χ0n) is 20.7. The predicted octanol–water partition coefficient (Wildman–Crippen LogP) is 3.37. The van der Waals surface area contributed by atoms with E-state index in [9.17, 15) is 14.4 Å². The van der Waals surface area contributed by atoms with Gasteiger partial charge < -0.3 is 24.8 Å². The van der Waals surface area contributed by atoms with E-state index >= 15 is 0 Å². The quantitative estimate of drug-likeness (QED) is 0.221. The van der Waals surface area contributed by atoms with Crippen molar-refractivity contribution in [2.45, 2.75) is 13.3 Å². The Hall–Kier alpha value is -4.86. The van der Waals surface area contributed by atoms with Crippen molar-refractivity contribution >= 4 is 35.3 Å². The molecule has 37 heavy (non-hydrogen) atoms. The van der Waals surface area contributed by atoms with Crippen LogP contribution in [0.3, 0.4) is 0 Å². The topological polar surface area (TPSA) is 127 Å². The SMILES string of the molecule is CCc1ccc(NC(=O)C(=O)N/N=C\c2ccc(OCC(=O)Nc3ccc(OC)cc3)c(OC)c2)cc1. The van der Waals surface area contributed by atoms with E-state index in [-0.39, 0.29) is 12.5 Å². The number of ether oxygens (including phenoxy) is 3. The number of rotatable bonds is 10. The van der Waals surface area contributed by atoms with Crippen LogP contribution in [0.1, 0.15) is 18.1 Å². The first-order valence-electron chi connectivity index (χ1n) is 11.4. The smallest absolute Gasteiger partial charge is 0.329 e. The summed E-state index contributed by atoms with van der Waals surface area (Å²) in [5.41, 5.74) is 5.00. The molecule has 0 aliphatic heterocycles. The van der Waals surface area contributed by atoms with E-state index in [1.165, 1.54) is 13.3 Å². The van der Waals surface area contributed by atoms with E-state index in [1.54, 1.807) is 61.7 Å². The molecule has 0 saturated carbocycles. The lowest BCUT2D eigenvalue weighted by Crippen LogP contribution is -2.32. The zero-order valence-corrected chi connectivity index (χ0v) is 20.7. The molecule has 0 aromatic heterocycles. The third-order valence-electron chi connectivity index (χ3n) is 5.13. The van der Waals surface area contributed by atoms with E-state index in [2.05, 4.69) is 21.2 Å². The summed E-state index contributed by atoms with van der Waals surface area (Å²) in [6.45, 7) is 1.79. The zero-order chi connectivity index (χ0) is 26.6. The fourth-order valence-corrected chi connectivity index (χ4v) is 3.13. The molecule has 0 aliphatic rings. The second kappa shape index (κ2) is 13.3. The van der Waals surface area contributed by atoms with Crippen LogP contribution >= 0.6 is 0 Å². The van der Waals surface area contributed by atoms with Crippen molar-refractivity contribution in [1.29, 1.82) is 0 Å². The first-order chi connectivity index (χ1) is 17.9. The van der Waals surface area contributed by atoms with Crippen LogP contribution < -0.4 is 30.3 Å². The average Bonchev–Trinajstić information content (AvgIpc) is 2.92. The molecule has 3 amide bonds. The van der Waals surface area contributed by atoms with Crippen molar-refractivity contribution in [3.8, 4) is 17.2 Å². The molecule has 3 rings (SSSR count). The van der Waals surface area contributed by atoms with Gasteiger partial charge in [0.25, 0.3) is 5.91 Å². The molecule has 192 valence electrons. The maximum absolute atomic E-state index is 12.2. The van der Waals surface area contributed by atoms with Crippen molar-refractivity contribution in [1.82, 2.24) is 5.43 Å². The summed E-state index contributed by atoms with van der Waals surface area (Å²) in [5.74, 6) is -0.702. The molecule has 0 unspecified atom stereocenters. The number of hydrogen-bond acceptors (Lipinski definition) is 7. The van der Waals surface area contributed by atoms with Crippen LogP contribution in [0.5, 0.6) is 17.2 Å². The molecule has 3 aromatic rings. The first-order valence-corrected chi connectivity index (χ1v) is 11.4. The molecule has 0 aliphatic carbocycles. The van der Waals surface area contributed by atoms with Gasteiger partial charge in [-0.1, -0.05) is 19.1 Å². The Morgan fingerprint density at radius 3 is 2.14 bits per heavy atom. The van der Waals surface area contributed by atoms with Gasteiger partial charge in [0.15, 0.2) is 18.1 Å². The Kier molecular flexibility index (Phi) is 9.60. The second-order valence-electron chi connectivity index (χ2n) is 7.68. The molecule has 10 heteroatoms. The number of anilines is 2. The Morgan fingerprint density at radius 1 is 0.811 bits per heavy atom. The van der Waals surface area contributed by atoms with Crippen molar-refractivity contribution in [3.05, 3.63) is 77.9 Å². The number of carbonyl (C=O) groups excluding carboxylic acids is 3. The first kappa shape index (κ1) is 26.7. The van der Waals surface area contributed by atoms with Crippen LogP contribution in [0, 0.1) is 0 Å². The fourth-order valence-electron chi connectivity index (χ4n) is 3.13. The monoisotopic (exact) mass is 504 g/mol. The second-order valence-corrected chi connectivity index (χ2v) is 7.68. The number of hydrazone groups is 1. The van der Waals surface area contributed by atoms with Gasteiger partial charge in [-0.2, -0.15) is 5.10 Å². The van der Waals surface area contributed by atoms with Gasteiger partial charge in [0.05, 0.1) is 20.4 Å². The summed E-state index contributed by atoms with van der Waals surface area (Å²) in [4.78, 5) is 36.3. The molecule has 10 nitrogen and oxygen atoms in total. The average molecular weight is 505 g/mol. The van der Waals surface area contributed by atoms with Gasteiger partial charge in [-0.3, -0.25) is 14.4 Å². The molecule has 0 bridgehead atoms. The molecule has 0 fully saturated rings. The van der Waals surface area contributed by atoms with Crippen molar-refractivity contribution < 1.29 is 28.6 Å². The van der Waals surface area contributed by atoms with Crippen LogP contribution in [0.2, 0.25) is 0 Å². The number of benzene rings is 3. The number of methoxy groups -OCH3 is 2. The van der Waals surface area contributed by atoms with Crippen molar-refractivity contribution in [2.24, 2.45) is 5.10 Å². The number of aryl methyl sites for hydroxylation is 1. The minimum Gasteiger partial charge on any atom is -0.497 e. The Bertz CT molecular complexity index is 1260. The van der Waals surface area contributed by atoms with Gasteiger partial charge in [-0.05, 0) is 72.1 Å². The lowest BCUT2D eigenvalue weighted by molar-refractivity contribution is -0.136. The van der Waals surface area contributed by atoms with Crippen LogP contribution in [0.15, 0.2) is 71.8 Å². The number of nitrogens with zero attached hydrogens (tertiary/aromatic N) is 1. The minimum absolute atomic E-state index is 0.234. The standard InChI is InChI=1S/C27H28N4O6/c1-4-18-5-8-21(9-6-18)30-26(33)27(34)31-28-16-19-7-14-23(24(15-19)36-3)37-17-25(32)29-20-10-12-22(35-2)13-11-20/h5-16H,4,17H2,1-3H3,(H,29,32)(H,30,33)(H,31,34)/b28-16-. The van der Waals surface area contributed by atoms with Gasteiger partial charge in [-0.15, -0.1) is 0 Å². The highest BCUT2D eigenvalue weighted by Crippen LogP contribution is 2.27. The van der Waals surface area contributed by atoms with Gasteiger partial charge in [0, 0.05) is 11.4 Å². The van der Waals surface area contributed by atoms with Crippen molar-refractivity contribution in [3.63, 3.8) is 0 Å². The maximum Gasteiger partial charge on any atom is 0.329 e. The molecule has 3 N–H and O–H groups in total. The third kappa shape index (κ3) is 8.10. The molecular weight excluding hydrogens is 476 g/mol. The number of nitrogens with one attached hydrogen (secondary N) is 3. The van der Waals surface area contributed by atoms with Gasteiger partial charge in [0.2, 0.25) is 0 Å². The van der Waals surface area contributed by atoms with Crippen molar-refractivity contribution in [2.75, 3.05) is 31.5 Å². The Labute approximate surface area is 214 Å². The summed E-state index contributed by atoms with van der Waals surface area (Å²) in [6.07, 6.45) is 2.23. The fraction of sp³-hybridized carbons (Fsp3) is 0.185. The summed E-state index contributed by atoms with van der Waals surface area (Å²) < 4.78 is 16.0. The molecule has 0 radical (unpaired) electrons. The highest BCUT2D eigenvalue weighted by atomic mass is 16.5. The van der Waals surface area contributed by atoms with Crippen LogP contribution in [-0.4, -0.2) is 44.8 Å². The van der Waals surface area contributed by atoms with Gasteiger partial charge in [-0.25, -0.2) is 5.43 Å². The highest BCUT2D eigenvalue weighted by Gasteiger charge is 2.13. The summed E-state index contributed by atoms with van der Waals surface area (Å²) >= 11 is 0. The van der Waals surface area contributed by atoms with E-state index in [0.717, 1.165) is 12.0 Å². The van der Waals surface area contributed by atoms with Crippen LogP contribution in [0.4, 0.5) is 11.4 Å². The molecule has 3 aromatic carbocycles.